The van der Waals surface area contributed by atoms with Gasteiger partial charge in [0.05, 0.1) is 18.7 Å². The maximum Gasteiger partial charge on any atom is 0.274 e. The van der Waals surface area contributed by atoms with Crippen molar-refractivity contribution >= 4 is 10.1 Å². The largest absolute Gasteiger partial charge is 0.395 e. The van der Waals surface area contributed by atoms with Gasteiger partial charge >= 0.3 is 0 Å². The van der Waals surface area contributed by atoms with Crippen LogP contribution in [0.25, 0.3) is 0 Å². The smallest absolute Gasteiger partial charge is 0.274 e. The van der Waals surface area contributed by atoms with Gasteiger partial charge in [-0.3, -0.25) is 15.2 Å². The van der Waals surface area contributed by atoms with Crippen LogP contribution in [0, 0.1) is 0 Å². The van der Waals surface area contributed by atoms with Gasteiger partial charge in [0.15, 0.2) is 5.25 Å². The Hall–Kier alpha value is -0.490. The van der Waals surface area contributed by atoms with E-state index in [4.69, 9.17) is 11.5 Å². The van der Waals surface area contributed by atoms with Crippen molar-refractivity contribution in [1.82, 2.24) is 20.6 Å². The second-order valence-corrected chi connectivity index (χ2v) is 7.56. The average Bonchev–Trinajstić information content (AvgIpc) is 2.87. The zero-order chi connectivity index (χ0) is 17.4. The van der Waals surface area contributed by atoms with Crippen molar-refractivity contribution in [3.05, 3.63) is 0 Å². The predicted octanol–water partition coefficient (Wildman–Crippen LogP) is -5.95. The predicted molar refractivity (Wildman–Crippen MR) is 72.5 cm³/mol. The number of hydroxylamine groups is 2. The minimum atomic E-state index is -4.86. The van der Waals surface area contributed by atoms with Gasteiger partial charge in [0, 0.05) is 6.54 Å². The molecule has 0 aromatic rings. The van der Waals surface area contributed by atoms with E-state index in [9.17, 15) is 33.5 Å². The van der Waals surface area contributed by atoms with Crippen LogP contribution >= 0.6 is 0 Å². The third-order valence-electron chi connectivity index (χ3n) is 4.87. The molecule has 3 saturated heterocycles. The van der Waals surface area contributed by atoms with E-state index in [-0.39, 0.29) is 0 Å². The average molecular weight is 356 g/mol. The molecule has 0 amide bonds. The number of aliphatic hydroxyl groups excluding tert-OH is 1. The third-order valence-corrected chi connectivity index (χ3v) is 6.07. The van der Waals surface area contributed by atoms with Gasteiger partial charge in [-0.15, -0.1) is 0 Å². The number of hydrogen-bond acceptors (Lipinski definition) is 12. The van der Waals surface area contributed by atoms with Crippen molar-refractivity contribution in [2.45, 2.75) is 41.4 Å². The first-order chi connectivity index (χ1) is 10.5. The monoisotopic (exact) mass is 356 g/mol. The second kappa shape index (κ2) is 5.01. The van der Waals surface area contributed by atoms with Crippen LogP contribution < -0.4 is 22.1 Å². The van der Waals surface area contributed by atoms with E-state index >= 15 is 0 Å². The molecule has 1 spiro atoms. The van der Waals surface area contributed by atoms with Gasteiger partial charge in [0.25, 0.3) is 10.1 Å². The number of hydrogen-bond donors (Lipinski definition) is 9. The summed E-state index contributed by atoms with van der Waals surface area (Å²) in [6, 6.07) is -2.21. The summed E-state index contributed by atoms with van der Waals surface area (Å²) in [6.45, 7) is -1.21. The minimum Gasteiger partial charge on any atom is -0.395 e. The van der Waals surface area contributed by atoms with Crippen molar-refractivity contribution in [3.8, 4) is 0 Å². The lowest BCUT2D eigenvalue weighted by Crippen LogP contribution is -2.83. The number of nitrogens with one attached hydrogen (secondary N) is 2. The van der Waals surface area contributed by atoms with Crippen LogP contribution in [0.4, 0.5) is 0 Å². The molecule has 11 N–H and O–H groups in total. The molecule has 23 heavy (non-hydrogen) atoms. The van der Waals surface area contributed by atoms with Crippen molar-refractivity contribution in [2.24, 2.45) is 11.5 Å². The highest BCUT2D eigenvalue weighted by atomic mass is 32.2. The van der Waals surface area contributed by atoms with Gasteiger partial charge in [-0.25, -0.2) is 4.90 Å². The Morgan fingerprint density at radius 3 is 2.43 bits per heavy atom. The molecule has 0 aromatic carbocycles. The highest BCUT2D eigenvalue weighted by Gasteiger charge is 2.77. The highest BCUT2D eigenvalue weighted by molar-refractivity contribution is 7.86. The van der Waals surface area contributed by atoms with E-state index in [1.165, 1.54) is 0 Å². The molecule has 13 nitrogen and oxygen atoms in total. The Bertz CT molecular complexity index is 603. The summed E-state index contributed by atoms with van der Waals surface area (Å²) in [7, 11) is -4.86. The van der Waals surface area contributed by atoms with Crippen LogP contribution in [0.2, 0.25) is 0 Å². The van der Waals surface area contributed by atoms with E-state index in [2.05, 4.69) is 10.6 Å². The Morgan fingerprint density at radius 2 is 1.91 bits per heavy atom. The number of aliphatic hydroxyl groups is 3. The molecule has 3 aliphatic heterocycles. The van der Waals surface area contributed by atoms with Crippen LogP contribution in [0.3, 0.4) is 0 Å². The molecule has 3 rings (SSSR count). The topological polar surface area (TPSA) is 218 Å². The fraction of sp³-hybridized carbons (Fsp3) is 1.00. The van der Waals surface area contributed by atoms with Crippen LogP contribution in [0.15, 0.2) is 0 Å². The Labute approximate surface area is 131 Å². The molecular weight excluding hydrogens is 336 g/mol. The normalized spacial score (nSPS) is 47.5. The third kappa shape index (κ3) is 2.03. The molecule has 3 heterocycles. The molecule has 3 fully saturated rings. The van der Waals surface area contributed by atoms with Gasteiger partial charge in [0.1, 0.15) is 18.2 Å². The lowest BCUT2D eigenvalue weighted by atomic mass is 9.85. The Kier molecular flexibility index (Phi) is 3.77. The van der Waals surface area contributed by atoms with Crippen molar-refractivity contribution in [2.75, 3.05) is 13.2 Å². The molecule has 0 radical (unpaired) electrons. The van der Waals surface area contributed by atoms with Crippen LogP contribution in [-0.4, -0.2) is 98.0 Å². The highest BCUT2D eigenvalue weighted by Crippen LogP contribution is 2.47. The van der Waals surface area contributed by atoms with Gasteiger partial charge in [-0.2, -0.15) is 13.5 Å². The van der Waals surface area contributed by atoms with E-state index in [1.807, 2.05) is 0 Å². The van der Waals surface area contributed by atoms with Crippen LogP contribution in [0.1, 0.15) is 0 Å². The maximum atomic E-state index is 11.6. The SMILES string of the molecule is NC1N[C@H]2[C@H](CO)N(O)C(N)N3C[C@H](S(=O)(=O)O)C(O)(O)[C@]23N1. The first-order valence-corrected chi connectivity index (χ1v) is 8.29. The fourth-order valence-corrected chi connectivity index (χ4v) is 4.82. The van der Waals surface area contributed by atoms with Crippen LogP contribution in [-0.2, 0) is 10.1 Å². The summed E-state index contributed by atoms with van der Waals surface area (Å²) in [5.41, 5.74) is 9.61. The molecule has 2 unspecified atom stereocenters. The molecule has 6 atom stereocenters. The van der Waals surface area contributed by atoms with Gasteiger partial charge < -0.3 is 32.0 Å². The molecule has 0 aromatic heterocycles. The van der Waals surface area contributed by atoms with Crippen LogP contribution in [0.5, 0.6) is 0 Å². The van der Waals surface area contributed by atoms with Crippen molar-refractivity contribution in [3.63, 3.8) is 0 Å². The van der Waals surface area contributed by atoms with E-state index < -0.39 is 64.6 Å². The zero-order valence-electron chi connectivity index (χ0n) is 11.8. The maximum absolute atomic E-state index is 11.6. The molecule has 0 aliphatic carbocycles. The Morgan fingerprint density at radius 1 is 1.30 bits per heavy atom. The van der Waals surface area contributed by atoms with E-state index in [0.29, 0.717) is 5.06 Å². The second-order valence-electron chi connectivity index (χ2n) is 5.96. The summed E-state index contributed by atoms with van der Waals surface area (Å²) >= 11 is 0. The van der Waals surface area contributed by atoms with Crippen molar-refractivity contribution in [1.29, 1.82) is 0 Å². The number of nitrogens with zero attached hydrogens (tertiary/aromatic N) is 2. The van der Waals surface area contributed by atoms with E-state index in [1.54, 1.807) is 0 Å². The van der Waals surface area contributed by atoms with E-state index in [0.717, 1.165) is 4.90 Å². The Balaban J connectivity index is 2.18. The summed E-state index contributed by atoms with van der Waals surface area (Å²) in [6.07, 6.45) is -2.39. The zero-order valence-corrected chi connectivity index (χ0v) is 12.6. The lowest BCUT2D eigenvalue weighted by Gasteiger charge is -2.55. The first kappa shape index (κ1) is 17.3. The molecular formula is C9H20N6O7S. The summed E-state index contributed by atoms with van der Waals surface area (Å²) in [5.74, 6) is -3.00. The summed E-state index contributed by atoms with van der Waals surface area (Å²) in [5, 5.41) is 44.6. The van der Waals surface area contributed by atoms with Gasteiger partial charge in [0.2, 0.25) is 5.79 Å². The minimum absolute atomic E-state index is 0.568. The number of rotatable bonds is 2. The van der Waals surface area contributed by atoms with Gasteiger partial charge in [-0.1, -0.05) is 0 Å². The fourth-order valence-electron chi connectivity index (χ4n) is 3.87. The quantitative estimate of drug-likeness (QED) is 0.166. The first-order valence-electron chi connectivity index (χ1n) is 6.79. The summed E-state index contributed by atoms with van der Waals surface area (Å²) < 4.78 is 32.5. The standard InChI is InChI=1S/C9H20N6O7S/c10-6-12-5-3(2-16)15(19)7(11)14-1-4(23(20,21)22)9(17,18)8(5,14)13-6/h3-7,12-13,16-19H,1-2,10-11H2,(H,20,21,22)/t3-,4-,5-,6?,7?,8-/m0/s1. The molecule has 3 aliphatic rings. The van der Waals surface area contributed by atoms with Gasteiger partial charge in [-0.05, 0) is 0 Å². The number of nitrogens with two attached hydrogens (primary N) is 2. The molecule has 0 bridgehead atoms. The molecule has 134 valence electrons. The summed E-state index contributed by atoms with van der Waals surface area (Å²) in [4.78, 5) is 1.07. The molecule has 14 heteroatoms. The van der Waals surface area contributed by atoms with Crippen molar-refractivity contribution < 1.29 is 33.5 Å². The lowest BCUT2D eigenvalue weighted by molar-refractivity contribution is -0.305. The molecule has 0 saturated carbocycles.